The van der Waals surface area contributed by atoms with Crippen LogP contribution in [0.5, 0.6) is 0 Å². The van der Waals surface area contributed by atoms with Crippen LogP contribution in [-0.4, -0.2) is 52.0 Å². The zero-order chi connectivity index (χ0) is 18.6. The van der Waals surface area contributed by atoms with Crippen molar-refractivity contribution in [1.29, 1.82) is 0 Å². The van der Waals surface area contributed by atoms with Crippen molar-refractivity contribution in [3.05, 3.63) is 33.8 Å². The summed E-state index contributed by atoms with van der Waals surface area (Å²) in [5, 5.41) is 8.03. The second-order valence-electron chi connectivity index (χ2n) is 6.30. The molecule has 0 radical (unpaired) electrons. The van der Waals surface area contributed by atoms with Crippen molar-refractivity contribution in [1.82, 2.24) is 10.6 Å². The van der Waals surface area contributed by atoms with Gasteiger partial charge in [0.2, 0.25) is 0 Å². The molecule has 2 N–H and O–H groups in total. The fraction of sp³-hybridized carbons (Fsp3) is 0.632. The molecule has 0 spiro atoms. The van der Waals surface area contributed by atoms with Crippen LogP contribution < -0.4 is 10.6 Å². The lowest BCUT2D eigenvalue weighted by Crippen LogP contribution is -2.38. The summed E-state index contributed by atoms with van der Waals surface area (Å²) in [6.45, 7) is 4.08. The molecular formula is C19H30Cl2IN3O2. The lowest BCUT2D eigenvalue weighted by molar-refractivity contribution is -0.0320. The summed E-state index contributed by atoms with van der Waals surface area (Å²) in [7, 11) is 1.78. The molecule has 1 aliphatic rings. The van der Waals surface area contributed by atoms with E-state index in [4.69, 9.17) is 32.7 Å². The van der Waals surface area contributed by atoms with Crippen LogP contribution >= 0.6 is 47.2 Å². The Morgan fingerprint density at radius 3 is 2.56 bits per heavy atom. The highest BCUT2D eigenvalue weighted by Crippen LogP contribution is 2.21. The standard InChI is InChI=1S/C19H29Cl2N3O2.HI/c1-22-19(24-10-3-11-26-17-7-12-25-13-8-17)23-9-2-4-15-5-6-16(20)14-18(15)21;/h5-6,14,17H,2-4,7-13H2,1H3,(H2,22,23,24);1H. The lowest BCUT2D eigenvalue weighted by Gasteiger charge is -2.22. The number of ether oxygens (including phenoxy) is 2. The second-order valence-corrected chi connectivity index (χ2v) is 7.14. The molecule has 1 aliphatic heterocycles. The molecule has 1 heterocycles. The molecule has 1 aromatic carbocycles. The van der Waals surface area contributed by atoms with Gasteiger partial charge in [-0.3, -0.25) is 4.99 Å². The van der Waals surface area contributed by atoms with Crippen LogP contribution in [0.15, 0.2) is 23.2 Å². The van der Waals surface area contributed by atoms with Gasteiger partial charge in [-0.1, -0.05) is 29.3 Å². The number of hydrogen-bond acceptors (Lipinski definition) is 3. The van der Waals surface area contributed by atoms with E-state index in [0.29, 0.717) is 11.1 Å². The normalized spacial score (nSPS) is 15.3. The van der Waals surface area contributed by atoms with E-state index in [1.165, 1.54) is 0 Å². The fourth-order valence-corrected chi connectivity index (χ4v) is 3.31. The highest BCUT2D eigenvalue weighted by Gasteiger charge is 2.13. The third-order valence-electron chi connectivity index (χ3n) is 4.29. The third-order valence-corrected chi connectivity index (χ3v) is 4.88. The topological polar surface area (TPSA) is 54.9 Å². The summed E-state index contributed by atoms with van der Waals surface area (Å²) >= 11 is 12.1. The fourth-order valence-electron chi connectivity index (χ4n) is 2.80. The van der Waals surface area contributed by atoms with E-state index in [-0.39, 0.29) is 24.0 Å². The quantitative estimate of drug-likeness (QED) is 0.217. The first-order valence-corrected chi connectivity index (χ1v) is 10.0. The SMILES string of the molecule is CN=C(NCCCOC1CCOCC1)NCCCc1ccc(Cl)cc1Cl.I. The van der Waals surface area contributed by atoms with Crippen LogP contribution in [0.1, 0.15) is 31.2 Å². The van der Waals surface area contributed by atoms with Crippen molar-refractivity contribution in [2.24, 2.45) is 4.99 Å². The second kappa shape index (κ2) is 14.7. The molecule has 1 aromatic rings. The van der Waals surface area contributed by atoms with E-state index < -0.39 is 0 Å². The molecule has 27 heavy (non-hydrogen) atoms. The van der Waals surface area contributed by atoms with E-state index in [1.54, 1.807) is 13.1 Å². The Bertz CT molecular complexity index is 570. The number of aryl methyl sites for hydroxylation is 1. The van der Waals surface area contributed by atoms with Crippen molar-refractivity contribution >= 4 is 53.1 Å². The van der Waals surface area contributed by atoms with E-state index >= 15 is 0 Å². The number of aliphatic imine (C=N–C) groups is 1. The molecule has 0 aliphatic carbocycles. The van der Waals surface area contributed by atoms with Crippen LogP contribution in [-0.2, 0) is 15.9 Å². The van der Waals surface area contributed by atoms with E-state index in [0.717, 1.165) is 81.6 Å². The summed E-state index contributed by atoms with van der Waals surface area (Å²) in [6, 6.07) is 5.64. The van der Waals surface area contributed by atoms with Crippen molar-refractivity contribution < 1.29 is 9.47 Å². The van der Waals surface area contributed by atoms with Crippen molar-refractivity contribution in [2.75, 3.05) is 40.0 Å². The van der Waals surface area contributed by atoms with Gasteiger partial charge in [0.25, 0.3) is 0 Å². The van der Waals surface area contributed by atoms with Gasteiger partial charge in [-0.25, -0.2) is 0 Å². The zero-order valence-corrected chi connectivity index (χ0v) is 19.7. The first-order valence-electron chi connectivity index (χ1n) is 9.27. The summed E-state index contributed by atoms with van der Waals surface area (Å²) in [4.78, 5) is 4.24. The van der Waals surface area contributed by atoms with Gasteiger partial charge in [-0.2, -0.15) is 0 Å². The molecule has 0 bridgehead atoms. The first kappa shape index (κ1) is 24.8. The Labute approximate surface area is 189 Å². The van der Waals surface area contributed by atoms with Gasteiger partial charge in [-0.15, -0.1) is 24.0 Å². The van der Waals surface area contributed by atoms with Gasteiger partial charge >= 0.3 is 0 Å². The molecule has 0 aromatic heterocycles. The predicted octanol–water partition coefficient (Wildman–Crippen LogP) is 4.29. The summed E-state index contributed by atoms with van der Waals surface area (Å²) in [5.41, 5.74) is 1.12. The molecule has 0 unspecified atom stereocenters. The van der Waals surface area contributed by atoms with Crippen LogP contribution in [0.25, 0.3) is 0 Å². The van der Waals surface area contributed by atoms with Gasteiger partial charge < -0.3 is 20.1 Å². The maximum Gasteiger partial charge on any atom is 0.190 e. The molecule has 0 atom stereocenters. The number of nitrogens with zero attached hydrogens (tertiary/aromatic N) is 1. The molecule has 0 amide bonds. The Balaban J connectivity index is 0.00000364. The zero-order valence-electron chi connectivity index (χ0n) is 15.8. The van der Waals surface area contributed by atoms with Gasteiger partial charge in [-0.05, 0) is 49.8 Å². The molecule has 1 fully saturated rings. The largest absolute Gasteiger partial charge is 0.381 e. The van der Waals surface area contributed by atoms with Crippen LogP contribution in [0.3, 0.4) is 0 Å². The predicted molar refractivity (Wildman–Crippen MR) is 124 cm³/mol. The van der Waals surface area contributed by atoms with Gasteiger partial charge in [0, 0.05) is 50.0 Å². The number of rotatable bonds is 9. The minimum atomic E-state index is 0. The monoisotopic (exact) mass is 529 g/mol. The number of halogens is 3. The number of nitrogens with one attached hydrogen (secondary N) is 2. The van der Waals surface area contributed by atoms with Crippen LogP contribution in [0, 0.1) is 0 Å². The minimum Gasteiger partial charge on any atom is -0.381 e. The average molecular weight is 530 g/mol. The van der Waals surface area contributed by atoms with Gasteiger partial charge in [0.15, 0.2) is 5.96 Å². The van der Waals surface area contributed by atoms with E-state index in [2.05, 4.69) is 15.6 Å². The van der Waals surface area contributed by atoms with Gasteiger partial charge in [0.05, 0.1) is 6.10 Å². The highest BCUT2D eigenvalue weighted by atomic mass is 127. The highest BCUT2D eigenvalue weighted by molar-refractivity contribution is 14.0. The van der Waals surface area contributed by atoms with E-state index in [1.807, 2.05) is 12.1 Å². The Morgan fingerprint density at radius 1 is 1.19 bits per heavy atom. The molecule has 0 saturated carbocycles. The van der Waals surface area contributed by atoms with Crippen molar-refractivity contribution in [2.45, 2.75) is 38.2 Å². The number of hydrogen-bond donors (Lipinski definition) is 2. The minimum absolute atomic E-state index is 0. The van der Waals surface area contributed by atoms with Gasteiger partial charge in [0.1, 0.15) is 0 Å². The number of benzene rings is 1. The molecule has 1 saturated heterocycles. The Hall–Kier alpha value is -0.280. The first-order chi connectivity index (χ1) is 12.7. The number of guanidine groups is 1. The summed E-state index contributed by atoms with van der Waals surface area (Å²) in [5.74, 6) is 0.818. The Kier molecular flexibility index (Phi) is 13.5. The summed E-state index contributed by atoms with van der Waals surface area (Å²) < 4.78 is 11.2. The van der Waals surface area contributed by atoms with E-state index in [9.17, 15) is 0 Å². The van der Waals surface area contributed by atoms with Crippen molar-refractivity contribution in [3.63, 3.8) is 0 Å². The molecular weight excluding hydrogens is 500 g/mol. The molecule has 2 rings (SSSR count). The smallest absolute Gasteiger partial charge is 0.190 e. The summed E-state index contributed by atoms with van der Waals surface area (Å²) in [6.07, 6.45) is 5.20. The average Bonchev–Trinajstić information content (AvgIpc) is 2.65. The van der Waals surface area contributed by atoms with Crippen LogP contribution in [0.4, 0.5) is 0 Å². The van der Waals surface area contributed by atoms with Crippen molar-refractivity contribution in [3.8, 4) is 0 Å². The van der Waals surface area contributed by atoms with Crippen LogP contribution in [0.2, 0.25) is 10.0 Å². The molecule has 154 valence electrons. The molecule has 5 nitrogen and oxygen atoms in total. The Morgan fingerprint density at radius 2 is 1.89 bits per heavy atom. The third kappa shape index (κ3) is 10.2. The lowest BCUT2D eigenvalue weighted by atomic mass is 10.1. The molecule has 8 heteroatoms. The maximum absolute atomic E-state index is 6.19. The maximum atomic E-state index is 6.19.